The molecule has 0 bridgehead atoms. The average molecular weight is 397 g/mol. The number of hydrogen-bond donors (Lipinski definition) is 2. The molecule has 0 spiro atoms. The Morgan fingerprint density at radius 1 is 1.37 bits per heavy atom. The number of carbonyl (C=O) groups is 2. The maximum absolute atomic E-state index is 12.7. The summed E-state index contributed by atoms with van der Waals surface area (Å²) < 4.78 is 38.4. The van der Waals surface area contributed by atoms with Gasteiger partial charge in [-0.25, -0.2) is 17.9 Å². The lowest BCUT2D eigenvalue weighted by Crippen LogP contribution is -2.46. The number of rotatable bonds is 4. The number of ether oxygens (including phenoxy) is 2. The van der Waals surface area contributed by atoms with Gasteiger partial charge in [-0.2, -0.15) is 0 Å². The molecule has 10 heteroatoms. The molecule has 2 N–H and O–H groups in total. The largest absolute Gasteiger partial charge is 0.479 e. The first-order chi connectivity index (χ1) is 12.8. The third-order valence-corrected chi connectivity index (χ3v) is 6.05. The van der Waals surface area contributed by atoms with Crippen molar-refractivity contribution in [2.45, 2.75) is 43.7 Å². The first-order valence-corrected chi connectivity index (χ1v) is 10.3. The van der Waals surface area contributed by atoms with Gasteiger partial charge in [0.15, 0.2) is 6.10 Å². The van der Waals surface area contributed by atoms with Gasteiger partial charge in [0.1, 0.15) is 5.75 Å². The van der Waals surface area contributed by atoms with E-state index in [1.54, 1.807) is 18.7 Å². The van der Waals surface area contributed by atoms with Gasteiger partial charge in [-0.05, 0) is 44.9 Å². The molecule has 1 aromatic carbocycles. The Morgan fingerprint density at radius 3 is 2.74 bits per heavy atom. The number of benzene rings is 1. The Bertz CT molecular complexity index is 833. The Morgan fingerprint density at radius 2 is 2.07 bits per heavy atom. The lowest BCUT2D eigenvalue weighted by atomic mass is 10.1. The second-order valence-electron chi connectivity index (χ2n) is 6.49. The van der Waals surface area contributed by atoms with Crippen LogP contribution in [0.5, 0.6) is 5.75 Å². The first kappa shape index (κ1) is 19.4. The van der Waals surface area contributed by atoms with Crippen molar-refractivity contribution in [1.82, 2.24) is 9.62 Å². The summed E-state index contributed by atoms with van der Waals surface area (Å²) >= 11 is 0. The van der Waals surface area contributed by atoms with E-state index in [0.717, 1.165) is 0 Å². The molecule has 2 amide bonds. The van der Waals surface area contributed by atoms with Gasteiger partial charge in [-0.1, -0.05) is 0 Å². The number of nitrogens with zero attached hydrogens (tertiary/aromatic N) is 1. The minimum atomic E-state index is -3.76. The summed E-state index contributed by atoms with van der Waals surface area (Å²) in [4.78, 5) is 25.1. The molecule has 0 radical (unpaired) electrons. The van der Waals surface area contributed by atoms with Crippen molar-refractivity contribution in [2.24, 2.45) is 0 Å². The number of amides is 2. The van der Waals surface area contributed by atoms with Gasteiger partial charge in [0, 0.05) is 19.1 Å². The molecule has 0 saturated carbocycles. The fourth-order valence-electron chi connectivity index (χ4n) is 3.04. The molecule has 1 saturated heterocycles. The Hall–Kier alpha value is -2.33. The van der Waals surface area contributed by atoms with Crippen molar-refractivity contribution in [1.29, 1.82) is 0 Å². The number of hydrogen-bond acceptors (Lipinski definition) is 6. The van der Waals surface area contributed by atoms with Crippen LogP contribution in [0.15, 0.2) is 23.1 Å². The van der Waals surface area contributed by atoms with Crippen molar-refractivity contribution in [3.05, 3.63) is 18.2 Å². The van der Waals surface area contributed by atoms with Crippen LogP contribution in [-0.4, -0.2) is 57.2 Å². The van der Waals surface area contributed by atoms with Gasteiger partial charge >= 0.3 is 6.09 Å². The highest BCUT2D eigenvalue weighted by Crippen LogP contribution is 2.32. The molecule has 3 rings (SSSR count). The maximum atomic E-state index is 12.7. The third-order valence-electron chi connectivity index (χ3n) is 4.53. The van der Waals surface area contributed by atoms with Crippen molar-refractivity contribution >= 4 is 27.7 Å². The van der Waals surface area contributed by atoms with Gasteiger partial charge in [0.25, 0.3) is 5.91 Å². The highest BCUT2D eigenvalue weighted by atomic mass is 32.2. The molecular weight excluding hydrogens is 374 g/mol. The van der Waals surface area contributed by atoms with Gasteiger partial charge in [0.05, 0.1) is 17.2 Å². The van der Waals surface area contributed by atoms with Gasteiger partial charge in [0.2, 0.25) is 10.0 Å². The summed E-state index contributed by atoms with van der Waals surface area (Å²) in [7, 11) is -3.76. The molecule has 1 fully saturated rings. The summed E-state index contributed by atoms with van der Waals surface area (Å²) in [6, 6.07) is 4.08. The van der Waals surface area contributed by atoms with Crippen LogP contribution in [0.3, 0.4) is 0 Å². The minimum absolute atomic E-state index is 0.0486. The fourth-order valence-corrected chi connectivity index (χ4v) is 4.37. The topological polar surface area (TPSA) is 114 Å². The molecule has 1 unspecified atom stereocenters. The zero-order valence-electron chi connectivity index (χ0n) is 15.2. The quantitative estimate of drug-likeness (QED) is 0.792. The summed E-state index contributed by atoms with van der Waals surface area (Å²) in [6.45, 7) is 4.53. The van der Waals surface area contributed by atoms with Crippen LogP contribution < -0.4 is 14.8 Å². The summed E-state index contributed by atoms with van der Waals surface area (Å²) in [6.07, 6.45) is 0.00173. The summed E-state index contributed by atoms with van der Waals surface area (Å²) in [5.74, 6) is 0.111. The second-order valence-corrected chi connectivity index (χ2v) is 8.20. The predicted molar refractivity (Wildman–Crippen MR) is 97.1 cm³/mol. The Kier molecular flexibility index (Phi) is 5.56. The molecule has 148 valence electrons. The van der Waals surface area contributed by atoms with E-state index in [1.165, 1.54) is 18.2 Å². The highest BCUT2D eigenvalue weighted by molar-refractivity contribution is 7.89. The molecule has 2 aliphatic heterocycles. The monoisotopic (exact) mass is 397 g/mol. The second kappa shape index (κ2) is 7.73. The van der Waals surface area contributed by atoms with Gasteiger partial charge in [-0.15, -0.1) is 0 Å². The molecular formula is C17H23N3O6S. The summed E-state index contributed by atoms with van der Waals surface area (Å²) in [5.41, 5.74) is 0.332. The number of carbonyl (C=O) groups excluding carboxylic acids is 2. The maximum Gasteiger partial charge on any atom is 0.409 e. The van der Waals surface area contributed by atoms with E-state index in [9.17, 15) is 18.0 Å². The predicted octanol–water partition coefficient (Wildman–Crippen LogP) is 1.31. The number of anilines is 1. The number of sulfonamides is 1. The molecule has 0 aromatic heterocycles. The fraction of sp³-hybridized carbons (Fsp3) is 0.529. The van der Waals surface area contributed by atoms with E-state index < -0.39 is 16.1 Å². The SMILES string of the molecule is CCOC(=O)N1CCC(NS(=O)(=O)c2ccc3c(c2)NC(=O)C(C)O3)CC1. The number of likely N-dealkylation sites (tertiary alicyclic amines) is 1. The Balaban J connectivity index is 1.65. The number of nitrogens with one attached hydrogen (secondary N) is 2. The van der Waals surface area contributed by atoms with Crippen LogP contribution in [0, 0.1) is 0 Å². The molecule has 2 aliphatic rings. The van der Waals surface area contributed by atoms with E-state index in [-0.39, 0.29) is 22.9 Å². The van der Waals surface area contributed by atoms with Crippen LogP contribution in [0.4, 0.5) is 10.5 Å². The average Bonchev–Trinajstić information content (AvgIpc) is 2.63. The lowest BCUT2D eigenvalue weighted by Gasteiger charge is -2.31. The number of fused-ring (bicyclic) bond motifs is 1. The van der Waals surface area contributed by atoms with E-state index in [1.807, 2.05) is 0 Å². The van der Waals surface area contributed by atoms with Gasteiger partial charge < -0.3 is 19.7 Å². The van der Waals surface area contributed by atoms with Crippen molar-refractivity contribution in [3.63, 3.8) is 0 Å². The lowest BCUT2D eigenvalue weighted by molar-refractivity contribution is -0.122. The zero-order valence-corrected chi connectivity index (χ0v) is 16.0. The van der Waals surface area contributed by atoms with E-state index in [0.29, 0.717) is 44.0 Å². The smallest absolute Gasteiger partial charge is 0.409 e. The highest BCUT2D eigenvalue weighted by Gasteiger charge is 2.29. The molecule has 1 aromatic rings. The number of piperidine rings is 1. The molecule has 9 nitrogen and oxygen atoms in total. The molecule has 0 aliphatic carbocycles. The molecule has 1 atom stereocenters. The van der Waals surface area contributed by atoms with Gasteiger partial charge in [-0.3, -0.25) is 4.79 Å². The van der Waals surface area contributed by atoms with E-state index in [4.69, 9.17) is 9.47 Å². The van der Waals surface area contributed by atoms with Crippen LogP contribution in [-0.2, 0) is 19.6 Å². The van der Waals surface area contributed by atoms with Crippen LogP contribution in [0.1, 0.15) is 26.7 Å². The van der Waals surface area contributed by atoms with Crippen LogP contribution in [0.2, 0.25) is 0 Å². The zero-order chi connectivity index (χ0) is 19.6. The first-order valence-electron chi connectivity index (χ1n) is 8.85. The Labute approximate surface area is 158 Å². The van der Waals surface area contributed by atoms with E-state index >= 15 is 0 Å². The van der Waals surface area contributed by atoms with E-state index in [2.05, 4.69) is 10.0 Å². The minimum Gasteiger partial charge on any atom is -0.479 e. The third kappa shape index (κ3) is 4.33. The summed E-state index contributed by atoms with van der Waals surface area (Å²) in [5, 5.41) is 2.64. The standard InChI is InChI=1S/C17H23N3O6S/c1-3-25-17(22)20-8-6-12(7-9-20)19-27(23,24)13-4-5-15-14(10-13)18-16(21)11(2)26-15/h4-5,10-12,19H,3,6-9H2,1-2H3,(H,18,21). The molecule has 2 heterocycles. The van der Waals surface area contributed by atoms with Crippen molar-refractivity contribution in [2.75, 3.05) is 25.0 Å². The normalized spacial score (nSPS) is 20.4. The van der Waals surface area contributed by atoms with Crippen molar-refractivity contribution in [3.8, 4) is 5.75 Å². The van der Waals surface area contributed by atoms with Crippen LogP contribution in [0.25, 0.3) is 0 Å². The molecule has 27 heavy (non-hydrogen) atoms. The van der Waals surface area contributed by atoms with Crippen molar-refractivity contribution < 1.29 is 27.5 Å². The van der Waals surface area contributed by atoms with Crippen LogP contribution >= 0.6 is 0 Å².